The van der Waals surface area contributed by atoms with E-state index in [2.05, 4.69) is 5.32 Å². The van der Waals surface area contributed by atoms with Crippen LogP contribution in [0.15, 0.2) is 36.4 Å². The zero-order valence-corrected chi connectivity index (χ0v) is 12.4. The standard InChI is InChI=1S/C14H10ClF3N2O3/c1-23-13-5-3-9(15)7-11(13)19-10-4-2-8(14(16,17)18)6-12(10)20(21)22/h2-7,19H,1H3. The van der Waals surface area contributed by atoms with Crippen LogP contribution in [0.1, 0.15) is 5.56 Å². The number of nitrogens with zero attached hydrogens (tertiary/aromatic N) is 1. The molecule has 0 aliphatic carbocycles. The topological polar surface area (TPSA) is 64.4 Å². The Kier molecular flexibility index (Phi) is 4.65. The minimum absolute atomic E-state index is 0.108. The van der Waals surface area contributed by atoms with Crippen LogP contribution < -0.4 is 10.1 Å². The van der Waals surface area contributed by atoms with Crippen LogP contribution in [0, 0.1) is 10.1 Å². The van der Waals surface area contributed by atoms with Crippen LogP contribution in [-0.2, 0) is 6.18 Å². The number of rotatable bonds is 4. The van der Waals surface area contributed by atoms with E-state index in [1.54, 1.807) is 6.07 Å². The molecule has 1 N–H and O–H groups in total. The van der Waals surface area contributed by atoms with Crippen LogP contribution >= 0.6 is 11.6 Å². The maximum Gasteiger partial charge on any atom is 0.416 e. The molecule has 0 aliphatic rings. The Morgan fingerprint density at radius 1 is 1.17 bits per heavy atom. The molecule has 5 nitrogen and oxygen atoms in total. The summed E-state index contributed by atoms with van der Waals surface area (Å²) in [5, 5.41) is 14.1. The monoisotopic (exact) mass is 346 g/mol. The average Bonchev–Trinajstić information content (AvgIpc) is 2.46. The van der Waals surface area contributed by atoms with Crippen LogP contribution in [0.25, 0.3) is 0 Å². The molecule has 0 aromatic heterocycles. The molecule has 122 valence electrons. The number of nitro groups is 1. The Hall–Kier alpha value is -2.48. The third-order valence-electron chi connectivity index (χ3n) is 2.95. The fourth-order valence-electron chi connectivity index (χ4n) is 1.89. The number of benzene rings is 2. The number of nitro benzene ring substituents is 1. The Bertz CT molecular complexity index is 751. The molecule has 0 saturated heterocycles. The molecule has 0 amide bonds. The maximum absolute atomic E-state index is 12.7. The first-order valence-electron chi connectivity index (χ1n) is 6.18. The van der Waals surface area contributed by atoms with Crippen molar-refractivity contribution in [1.29, 1.82) is 0 Å². The van der Waals surface area contributed by atoms with Gasteiger partial charge >= 0.3 is 6.18 Å². The largest absolute Gasteiger partial charge is 0.495 e. The lowest BCUT2D eigenvalue weighted by Crippen LogP contribution is -2.07. The van der Waals surface area contributed by atoms with Crippen LogP contribution in [-0.4, -0.2) is 12.0 Å². The summed E-state index contributed by atoms with van der Waals surface area (Å²) in [6.07, 6.45) is -4.67. The summed E-state index contributed by atoms with van der Waals surface area (Å²) in [6.45, 7) is 0. The fourth-order valence-corrected chi connectivity index (χ4v) is 2.06. The lowest BCUT2D eigenvalue weighted by atomic mass is 10.1. The summed E-state index contributed by atoms with van der Waals surface area (Å²) in [4.78, 5) is 10.2. The molecule has 9 heteroatoms. The molecule has 23 heavy (non-hydrogen) atoms. The molecule has 0 radical (unpaired) electrons. The van der Waals surface area contributed by atoms with Gasteiger partial charge in [-0.15, -0.1) is 0 Å². The van der Waals surface area contributed by atoms with E-state index in [0.29, 0.717) is 22.5 Å². The van der Waals surface area contributed by atoms with Gasteiger partial charge in [-0.05, 0) is 30.3 Å². The van der Waals surface area contributed by atoms with Crippen LogP contribution in [0.5, 0.6) is 5.75 Å². The highest BCUT2D eigenvalue weighted by Crippen LogP contribution is 2.38. The highest BCUT2D eigenvalue weighted by Gasteiger charge is 2.33. The van der Waals surface area contributed by atoms with Gasteiger partial charge in [0.05, 0.1) is 23.3 Å². The molecule has 0 fully saturated rings. The predicted molar refractivity (Wildman–Crippen MR) is 79.4 cm³/mol. The van der Waals surface area contributed by atoms with Gasteiger partial charge in [0, 0.05) is 11.1 Å². The molecule has 0 unspecified atom stereocenters. The van der Waals surface area contributed by atoms with Gasteiger partial charge in [-0.2, -0.15) is 13.2 Å². The smallest absolute Gasteiger partial charge is 0.416 e. The maximum atomic E-state index is 12.7. The SMILES string of the molecule is COc1ccc(Cl)cc1Nc1ccc(C(F)(F)F)cc1[N+](=O)[O-]. The average molecular weight is 347 g/mol. The van der Waals surface area contributed by atoms with Crippen molar-refractivity contribution in [3.05, 3.63) is 57.1 Å². The third kappa shape index (κ3) is 3.84. The molecule has 2 aromatic rings. The number of hydrogen-bond donors (Lipinski definition) is 1. The summed E-state index contributed by atoms with van der Waals surface area (Å²) < 4.78 is 43.1. The molecule has 2 rings (SSSR count). The molecular formula is C14H10ClF3N2O3. The highest BCUT2D eigenvalue weighted by atomic mass is 35.5. The van der Waals surface area contributed by atoms with Crippen molar-refractivity contribution < 1.29 is 22.8 Å². The second kappa shape index (κ2) is 6.33. The zero-order valence-electron chi connectivity index (χ0n) is 11.6. The summed E-state index contributed by atoms with van der Waals surface area (Å²) >= 11 is 5.85. The Labute approximate surface area is 133 Å². The van der Waals surface area contributed by atoms with E-state index in [9.17, 15) is 23.3 Å². The first kappa shape index (κ1) is 16.9. The van der Waals surface area contributed by atoms with Gasteiger partial charge in [0.2, 0.25) is 0 Å². The number of halogens is 4. The quantitative estimate of drug-likeness (QED) is 0.623. The van der Waals surface area contributed by atoms with Crippen LogP contribution in [0.4, 0.5) is 30.2 Å². The Morgan fingerprint density at radius 2 is 1.87 bits per heavy atom. The molecule has 0 spiro atoms. The lowest BCUT2D eigenvalue weighted by molar-refractivity contribution is -0.384. The van der Waals surface area contributed by atoms with Crippen molar-refractivity contribution in [2.45, 2.75) is 6.18 Å². The van der Waals surface area contributed by atoms with Crippen molar-refractivity contribution in [1.82, 2.24) is 0 Å². The number of alkyl halides is 3. The second-order valence-electron chi connectivity index (χ2n) is 4.46. The van der Waals surface area contributed by atoms with Crippen molar-refractivity contribution in [2.75, 3.05) is 12.4 Å². The van der Waals surface area contributed by atoms with E-state index in [4.69, 9.17) is 16.3 Å². The molecule has 0 atom stereocenters. The predicted octanol–water partition coefficient (Wildman–Crippen LogP) is 5.02. The third-order valence-corrected chi connectivity index (χ3v) is 3.19. The molecule has 0 aliphatic heterocycles. The normalized spacial score (nSPS) is 11.2. The number of anilines is 2. The van der Waals surface area contributed by atoms with Crippen LogP contribution in [0.2, 0.25) is 5.02 Å². The van der Waals surface area contributed by atoms with Crippen molar-refractivity contribution >= 4 is 28.7 Å². The summed E-state index contributed by atoms with van der Waals surface area (Å²) in [7, 11) is 1.38. The first-order valence-corrected chi connectivity index (χ1v) is 6.56. The van der Waals surface area contributed by atoms with E-state index < -0.39 is 22.4 Å². The fraction of sp³-hybridized carbons (Fsp3) is 0.143. The zero-order chi connectivity index (χ0) is 17.2. The van der Waals surface area contributed by atoms with Crippen LogP contribution in [0.3, 0.4) is 0 Å². The molecular weight excluding hydrogens is 337 g/mol. The number of hydrogen-bond acceptors (Lipinski definition) is 4. The minimum Gasteiger partial charge on any atom is -0.495 e. The highest BCUT2D eigenvalue weighted by molar-refractivity contribution is 6.31. The van der Waals surface area contributed by atoms with Gasteiger partial charge in [-0.3, -0.25) is 10.1 Å². The van der Waals surface area contributed by atoms with Gasteiger partial charge in [0.25, 0.3) is 5.69 Å². The van der Waals surface area contributed by atoms with E-state index >= 15 is 0 Å². The summed E-state index contributed by atoms with van der Waals surface area (Å²) in [6, 6.07) is 6.74. The summed E-state index contributed by atoms with van der Waals surface area (Å²) in [5.74, 6) is 0.337. The van der Waals surface area contributed by atoms with Gasteiger partial charge in [-0.25, -0.2) is 0 Å². The number of ether oxygens (including phenoxy) is 1. The van der Waals surface area contributed by atoms with Gasteiger partial charge < -0.3 is 10.1 Å². The summed E-state index contributed by atoms with van der Waals surface area (Å²) in [5.41, 5.74) is -1.62. The van der Waals surface area contributed by atoms with Gasteiger partial charge in [-0.1, -0.05) is 11.6 Å². The molecule has 0 heterocycles. The first-order chi connectivity index (χ1) is 10.7. The number of methoxy groups -OCH3 is 1. The molecule has 0 saturated carbocycles. The van der Waals surface area contributed by atoms with E-state index in [1.165, 1.54) is 19.2 Å². The minimum atomic E-state index is -4.67. The molecule has 2 aromatic carbocycles. The lowest BCUT2D eigenvalue weighted by Gasteiger charge is -2.13. The number of nitrogens with one attached hydrogen (secondary N) is 1. The van der Waals surface area contributed by atoms with Crippen molar-refractivity contribution in [3.8, 4) is 5.75 Å². The van der Waals surface area contributed by atoms with E-state index in [-0.39, 0.29) is 5.69 Å². The second-order valence-corrected chi connectivity index (χ2v) is 4.89. The van der Waals surface area contributed by atoms with Gasteiger partial charge in [0.15, 0.2) is 0 Å². The van der Waals surface area contributed by atoms with E-state index in [1.807, 2.05) is 0 Å². The van der Waals surface area contributed by atoms with Crippen molar-refractivity contribution in [2.24, 2.45) is 0 Å². The van der Waals surface area contributed by atoms with Crippen molar-refractivity contribution in [3.63, 3.8) is 0 Å². The Morgan fingerprint density at radius 3 is 2.43 bits per heavy atom. The Balaban J connectivity index is 2.48. The van der Waals surface area contributed by atoms with Gasteiger partial charge in [0.1, 0.15) is 11.4 Å². The van der Waals surface area contributed by atoms with E-state index in [0.717, 1.165) is 12.1 Å². The molecule has 0 bridgehead atoms.